The van der Waals surface area contributed by atoms with Crippen molar-refractivity contribution < 1.29 is 23.6 Å². The topological polar surface area (TPSA) is 106 Å². The van der Waals surface area contributed by atoms with Gasteiger partial charge in [0, 0.05) is 6.54 Å². The lowest BCUT2D eigenvalue weighted by Gasteiger charge is -2.32. The van der Waals surface area contributed by atoms with E-state index in [2.05, 4.69) is 15.3 Å². The number of aromatic nitrogens is 2. The second kappa shape index (κ2) is 10.5. The zero-order valence-corrected chi connectivity index (χ0v) is 23.1. The van der Waals surface area contributed by atoms with E-state index in [1.807, 2.05) is 82.3 Å². The average Bonchev–Trinajstić information content (AvgIpc) is 3.65. The predicted octanol–water partition coefficient (Wildman–Crippen LogP) is 4.14. The number of alkyl carbamates (subject to hydrolysis) is 1. The van der Waals surface area contributed by atoms with Crippen LogP contribution in [0.1, 0.15) is 64.0 Å². The summed E-state index contributed by atoms with van der Waals surface area (Å²) in [5.74, 6) is 0.523. The monoisotopic (exact) mass is 530 g/mol. The number of rotatable bonds is 6. The molecule has 0 unspecified atom stereocenters. The maximum absolute atomic E-state index is 13.7. The molecule has 2 saturated heterocycles. The second-order valence-electron chi connectivity index (χ2n) is 11.1. The molecule has 0 saturated carbocycles. The first kappa shape index (κ1) is 27.0. The van der Waals surface area contributed by atoms with Crippen molar-refractivity contribution in [3.8, 4) is 11.3 Å². The van der Waals surface area contributed by atoms with E-state index in [1.165, 1.54) is 7.11 Å². The number of ether oxygens (including phenoxy) is 1. The molecule has 0 radical (unpaired) electrons. The van der Waals surface area contributed by atoms with Crippen LogP contribution >= 0.6 is 0 Å². The number of H-pyrrole nitrogens is 1. The maximum Gasteiger partial charge on any atom is 0.494 e. The highest BCUT2D eigenvalue weighted by Crippen LogP contribution is 2.37. The van der Waals surface area contributed by atoms with E-state index in [1.54, 1.807) is 11.1 Å². The van der Waals surface area contributed by atoms with Crippen molar-refractivity contribution in [2.24, 2.45) is 0 Å². The Hall–Kier alpha value is -3.63. The summed E-state index contributed by atoms with van der Waals surface area (Å²) >= 11 is 0. The van der Waals surface area contributed by atoms with Gasteiger partial charge in [0.2, 0.25) is 0 Å². The maximum atomic E-state index is 13.7. The molecule has 2 aromatic carbocycles. The molecule has 2 atom stereocenters. The van der Waals surface area contributed by atoms with Gasteiger partial charge in [0.1, 0.15) is 11.9 Å². The third kappa shape index (κ3) is 5.31. The molecule has 2 amide bonds. The summed E-state index contributed by atoms with van der Waals surface area (Å²) in [4.78, 5) is 35.6. The van der Waals surface area contributed by atoms with Gasteiger partial charge in [0.05, 0.1) is 36.2 Å². The summed E-state index contributed by atoms with van der Waals surface area (Å²) in [6.45, 7) is 8.74. The van der Waals surface area contributed by atoms with Crippen LogP contribution in [0.5, 0.6) is 0 Å². The van der Waals surface area contributed by atoms with Gasteiger partial charge in [-0.3, -0.25) is 4.79 Å². The molecule has 3 aromatic rings. The molecule has 9 nitrogen and oxygen atoms in total. The summed E-state index contributed by atoms with van der Waals surface area (Å²) in [6, 6.07) is 16.2. The first-order chi connectivity index (χ1) is 18.6. The van der Waals surface area contributed by atoms with Crippen LogP contribution in [0.4, 0.5) is 4.79 Å². The Morgan fingerprint density at radius 2 is 1.74 bits per heavy atom. The molecule has 3 heterocycles. The first-order valence-corrected chi connectivity index (χ1v) is 13.3. The molecule has 0 bridgehead atoms. The zero-order chi connectivity index (χ0) is 27.8. The Morgan fingerprint density at radius 3 is 2.38 bits per heavy atom. The van der Waals surface area contributed by atoms with Gasteiger partial charge in [-0.1, -0.05) is 54.6 Å². The van der Waals surface area contributed by atoms with Crippen LogP contribution < -0.4 is 10.8 Å². The predicted molar refractivity (Wildman–Crippen MR) is 148 cm³/mol. The number of benzene rings is 2. The molecule has 10 heteroatoms. The van der Waals surface area contributed by atoms with E-state index < -0.39 is 30.5 Å². The number of nitrogens with one attached hydrogen (secondary N) is 2. The van der Waals surface area contributed by atoms with E-state index in [0.29, 0.717) is 12.1 Å². The van der Waals surface area contributed by atoms with Crippen LogP contribution in [0.3, 0.4) is 0 Å². The quantitative estimate of drug-likeness (QED) is 0.465. The summed E-state index contributed by atoms with van der Waals surface area (Å²) in [7, 11) is 0.864. The van der Waals surface area contributed by atoms with Crippen molar-refractivity contribution in [1.82, 2.24) is 20.2 Å². The smallest absolute Gasteiger partial charge is 0.453 e. The van der Waals surface area contributed by atoms with Gasteiger partial charge >= 0.3 is 13.2 Å². The fraction of sp³-hybridized carbons (Fsp3) is 0.414. The van der Waals surface area contributed by atoms with E-state index in [4.69, 9.17) is 14.0 Å². The molecular weight excluding hydrogens is 495 g/mol. The Labute approximate surface area is 229 Å². The Bertz CT molecular complexity index is 1310. The van der Waals surface area contributed by atoms with E-state index in [0.717, 1.165) is 35.4 Å². The molecular formula is C29H35BN4O5. The highest BCUT2D eigenvalue weighted by Gasteiger charge is 2.51. The van der Waals surface area contributed by atoms with Crippen molar-refractivity contribution in [3.05, 3.63) is 72.2 Å². The van der Waals surface area contributed by atoms with Gasteiger partial charge in [-0.15, -0.1) is 0 Å². The van der Waals surface area contributed by atoms with E-state index in [-0.39, 0.29) is 11.9 Å². The molecule has 2 fully saturated rings. The van der Waals surface area contributed by atoms with Gasteiger partial charge in [-0.05, 0) is 57.1 Å². The minimum Gasteiger partial charge on any atom is -0.453 e. The molecule has 0 aliphatic carbocycles. The van der Waals surface area contributed by atoms with Crippen LogP contribution in [-0.2, 0) is 18.8 Å². The molecule has 39 heavy (non-hydrogen) atoms. The highest BCUT2D eigenvalue weighted by atomic mass is 16.7. The number of methoxy groups -OCH3 is 1. The number of hydrogen-bond acceptors (Lipinski definition) is 6. The summed E-state index contributed by atoms with van der Waals surface area (Å²) in [5, 5.41) is 2.70. The number of amides is 2. The van der Waals surface area contributed by atoms with Crippen LogP contribution in [0.2, 0.25) is 0 Å². The summed E-state index contributed by atoms with van der Waals surface area (Å²) < 4.78 is 17.1. The van der Waals surface area contributed by atoms with Gasteiger partial charge < -0.3 is 29.2 Å². The van der Waals surface area contributed by atoms with Crippen molar-refractivity contribution in [2.75, 3.05) is 13.7 Å². The van der Waals surface area contributed by atoms with Gasteiger partial charge in [-0.2, -0.15) is 0 Å². The lowest BCUT2D eigenvalue weighted by atomic mass is 9.79. The Morgan fingerprint density at radius 1 is 1.08 bits per heavy atom. The number of imidazole rings is 1. The number of carbonyl (C=O) groups is 2. The van der Waals surface area contributed by atoms with Gasteiger partial charge in [0.15, 0.2) is 0 Å². The molecule has 5 rings (SSSR count). The molecule has 1 aromatic heterocycles. The Kier molecular flexibility index (Phi) is 7.26. The minimum atomic E-state index is -0.851. The SMILES string of the molecule is COC(=O)N[C@@H](C(=O)N1CCC[C@H]1c1ncc(-c2ccc(B3OC(C)(C)C(C)(C)O3)cc2)[nH]1)c1ccccc1. The number of nitrogens with zero attached hydrogens (tertiary/aromatic N) is 2. The summed E-state index contributed by atoms with van der Waals surface area (Å²) in [6.07, 6.45) is 2.76. The van der Waals surface area contributed by atoms with Gasteiger partial charge in [0.25, 0.3) is 5.91 Å². The first-order valence-electron chi connectivity index (χ1n) is 13.3. The van der Waals surface area contributed by atoms with Crippen molar-refractivity contribution in [3.63, 3.8) is 0 Å². The fourth-order valence-electron chi connectivity index (χ4n) is 5.04. The minimum absolute atomic E-state index is 0.196. The third-order valence-electron chi connectivity index (χ3n) is 8.02. The van der Waals surface area contributed by atoms with Crippen LogP contribution in [0.25, 0.3) is 11.3 Å². The standard InChI is InChI=1S/C29H35BN4O5/c1-28(2)29(3,4)39-30(38-28)21-15-13-19(14-16-21)22-18-31-25(32-22)23-12-9-17-34(23)26(35)24(33-27(36)37-5)20-10-7-6-8-11-20/h6-8,10-11,13-16,18,23-24H,9,12,17H2,1-5H3,(H,31,32)(H,33,36)/t23-,24+/m0/s1. The van der Waals surface area contributed by atoms with Crippen molar-refractivity contribution in [2.45, 2.75) is 63.8 Å². The van der Waals surface area contributed by atoms with Crippen molar-refractivity contribution >= 4 is 24.6 Å². The summed E-state index contributed by atoms with van der Waals surface area (Å²) in [5.41, 5.74) is 2.68. The lowest BCUT2D eigenvalue weighted by molar-refractivity contribution is -0.134. The largest absolute Gasteiger partial charge is 0.494 e. The van der Waals surface area contributed by atoms with Crippen LogP contribution in [-0.4, -0.2) is 58.8 Å². The molecule has 2 aliphatic rings. The molecule has 2 aliphatic heterocycles. The number of likely N-dealkylation sites (tertiary alicyclic amines) is 1. The molecule has 2 N–H and O–H groups in total. The molecule has 0 spiro atoms. The average molecular weight is 530 g/mol. The lowest BCUT2D eigenvalue weighted by Crippen LogP contribution is -2.42. The fourth-order valence-corrected chi connectivity index (χ4v) is 5.04. The van der Waals surface area contributed by atoms with Crippen LogP contribution in [0.15, 0.2) is 60.8 Å². The number of hydrogen-bond donors (Lipinski definition) is 2. The zero-order valence-electron chi connectivity index (χ0n) is 23.1. The van der Waals surface area contributed by atoms with Crippen LogP contribution in [0, 0.1) is 0 Å². The van der Waals surface area contributed by atoms with Crippen molar-refractivity contribution in [1.29, 1.82) is 0 Å². The molecule has 204 valence electrons. The number of aromatic amines is 1. The third-order valence-corrected chi connectivity index (χ3v) is 8.02. The van der Waals surface area contributed by atoms with Gasteiger partial charge in [-0.25, -0.2) is 9.78 Å². The normalized spacial score (nSPS) is 20.6. The number of carbonyl (C=O) groups excluding carboxylic acids is 2. The Balaban J connectivity index is 1.33. The second-order valence-corrected chi connectivity index (χ2v) is 11.1. The van der Waals surface area contributed by atoms with E-state index >= 15 is 0 Å². The van der Waals surface area contributed by atoms with E-state index in [9.17, 15) is 9.59 Å². The highest BCUT2D eigenvalue weighted by molar-refractivity contribution is 6.62.